The maximum Gasteiger partial charge on any atom is 0.202 e. The first-order valence-electron chi connectivity index (χ1n) is 34.6. The molecule has 4 aliphatic carbocycles. The molecule has 13 aromatic rings. The number of allylic oxidation sites excluding steroid dienone is 7. The van der Waals surface area contributed by atoms with Crippen molar-refractivity contribution in [3.05, 3.63) is 329 Å². The number of hydrogen-bond donors (Lipinski definition) is 0. The van der Waals surface area contributed by atoms with Crippen LogP contribution in [0.2, 0.25) is 0 Å². The highest BCUT2D eigenvalue weighted by Gasteiger charge is 2.58. The molecule has 0 amide bonds. The van der Waals surface area contributed by atoms with Crippen molar-refractivity contribution in [2.75, 3.05) is 33.0 Å². The third-order valence-corrected chi connectivity index (χ3v) is 22.3. The van der Waals surface area contributed by atoms with Crippen LogP contribution in [0.25, 0.3) is 86.9 Å². The molecule has 0 spiro atoms. The lowest BCUT2D eigenvalue weighted by molar-refractivity contribution is -0.165. The molecule has 8 aliphatic rings. The molecule has 0 bridgehead atoms. The Morgan fingerprint density at radius 3 is 1.34 bits per heavy atom. The molecule has 0 saturated carbocycles. The number of fused-ring (bicyclic) bond motifs is 13. The molecule has 9 unspecified atom stereocenters. The van der Waals surface area contributed by atoms with Gasteiger partial charge in [0.05, 0.1) is 24.0 Å². The van der Waals surface area contributed by atoms with E-state index in [1.54, 1.807) is 0 Å². The quantitative estimate of drug-likeness (QED) is 0.0885. The van der Waals surface area contributed by atoms with Crippen molar-refractivity contribution >= 4 is 64.6 Å². The van der Waals surface area contributed by atoms with Gasteiger partial charge in [0.25, 0.3) is 0 Å². The highest BCUT2D eigenvalue weighted by molar-refractivity contribution is 6.02. The molecule has 8 heteroatoms. The lowest BCUT2D eigenvalue weighted by Crippen LogP contribution is -2.32. The fraction of sp³-hybridized carbons (Fsp3) is 0.178. The van der Waals surface area contributed by atoms with Crippen LogP contribution >= 0.6 is 0 Å². The van der Waals surface area contributed by atoms with E-state index in [1.165, 1.54) is 104 Å². The highest BCUT2D eigenvalue weighted by Crippen LogP contribution is 2.61. The van der Waals surface area contributed by atoms with Gasteiger partial charge < -0.3 is 37.9 Å². The lowest BCUT2D eigenvalue weighted by atomic mass is 9.64. The summed E-state index contributed by atoms with van der Waals surface area (Å²) in [5.41, 5.74) is 14.0. The van der Waals surface area contributed by atoms with E-state index in [0.717, 1.165) is 69.6 Å². The summed E-state index contributed by atoms with van der Waals surface area (Å²) < 4.78 is 49.0. The molecule has 0 radical (unpaired) electrons. The minimum absolute atomic E-state index is 0.0340. The van der Waals surface area contributed by atoms with Gasteiger partial charge in [0, 0.05) is 18.3 Å². The van der Waals surface area contributed by atoms with Gasteiger partial charge in [0.1, 0.15) is 73.3 Å². The molecule has 4 heterocycles. The second kappa shape index (κ2) is 22.0. The number of ether oxygens (including phenoxy) is 8. The minimum atomic E-state index is -0.643. The average molecular weight is 1280 g/mol. The maximum absolute atomic E-state index is 6.56. The van der Waals surface area contributed by atoms with Gasteiger partial charge in [-0.15, -0.1) is 0 Å². The molecule has 0 N–H and O–H groups in total. The van der Waals surface area contributed by atoms with Crippen molar-refractivity contribution < 1.29 is 37.9 Å². The third kappa shape index (κ3) is 9.19. The Hall–Kier alpha value is -10.6. The highest BCUT2D eigenvalue weighted by atomic mass is 16.7. The number of epoxide rings is 3. The number of rotatable bonds is 16. The Bertz CT molecular complexity index is 5570. The van der Waals surface area contributed by atoms with Crippen molar-refractivity contribution in [3.63, 3.8) is 0 Å². The Balaban J connectivity index is 0.518. The van der Waals surface area contributed by atoms with Gasteiger partial charge in [0.15, 0.2) is 0 Å². The second-order valence-electron chi connectivity index (χ2n) is 27.9. The average Bonchev–Trinajstić information content (AvgIpc) is 1.49. The predicted octanol–water partition coefficient (Wildman–Crippen LogP) is 19.0. The standard InChI is InChI=1S/C90H66O8/c1-4-12-56-46-81-77(43-53(56)9-1)76-15-7-8-16-80(76)89(81,68-26-20-66-42-74(32-24-62(66)36-68)96-86-33-34-91-86)67-25-17-64-40-72(30-22-59(64)35-67)94-51-84-87(97-84)88-85(98-88)52-95-73-31-23-61-38-70(28-19-65(61)41-73)90(69-27-18-63-39-71(29-21-60(63)37-69)92-49-75-50-93-75)82-47-57-13-5-2-10-54(57)44-78(82)79-45-55-11-3-6-14-58(55)48-83(79)90/h1-32,35-48,59,64,75,84-88H,33-34,49-52H2. The second-order valence-corrected chi connectivity index (χ2v) is 27.9. The van der Waals surface area contributed by atoms with Crippen molar-refractivity contribution in [1.29, 1.82) is 0 Å². The number of benzene rings is 13. The molecule has 9 atom stereocenters. The van der Waals surface area contributed by atoms with Gasteiger partial charge >= 0.3 is 0 Å². The van der Waals surface area contributed by atoms with Gasteiger partial charge in [-0.25, -0.2) is 0 Å². The van der Waals surface area contributed by atoms with E-state index in [2.05, 4.69) is 279 Å². The van der Waals surface area contributed by atoms with Gasteiger partial charge in [-0.2, -0.15) is 0 Å². The first-order valence-corrected chi connectivity index (χ1v) is 34.6. The third-order valence-electron chi connectivity index (χ3n) is 22.3. The van der Waals surface area contributed by atoms with Crippen LogP contribution in [0.15, 0.2) is 290 Å². The van der Waals surface area contributed by atoms with Crippen molar-refractivity contribution in [1.82, 2.24) is 0 Å². The molecular formula is C90H66O8. The largest absolute Gasteiger partial charge is 0.491 e. The van der Waals surface area contributed by atoms with Crippen LogP contribution in [-0.2, 0) is 34.5 Å². The Labute approximate surface area is 567 Å². The molecule has 4 fully saturated rings. The topological polar surface area (TPSA) is 83.7 Å². The molecule has 98 heavy (non-hydrogen) atoms. The summed E-state index contributed by atoms with van der Waals surface area (Å²) in [7, 11) is 0. The van der Waals surface area contributed by atoms with Crippen molar-refractivity contribution in [2.24, 2.45) is 11.8 Å². The van der Waals surface area contributed by atoms with Gasteiger partial charge in [-0.3, -0.25) is 0 Å². The summed E-state index contributed by atoms with van der Waals surface area (Å²) in [6, 6.07) is 90.3. The first kappa shape index (κ1) is 56.6. The van der Waals surface area contributed by atoms with Gasteiger partial charge in [-0.1, -0.05) is 176 Å². The monoisotopic (exact) mass is 1270 g/mol. The Morgan fingerprint density at radius 1 is 0.357 bits per heavy atom. The summed E-state index contributed by atoms with van der Waals surface area (Å²) in [4.78, 5) is 0. The summed E-state index contributed by atoms with van der Waals surface area (Å²) in [5.74, 6) is 3.65. The Morgan fingerprint density at radius 2 is 0.786 bits per heavy atom. The summed E-state index contributed by atoms with van der Waals surface area (Å²) in [6.07, 6.45) is 14.8. The lowest BCUT2D eigenvalue weighted by Gasteiger charge is -2.38. The SMILES string of the molecule is C1=CC2C=C(C3(c4ccc5cc(OC6CCO6)ccc5c4)c4ccccc4-c4cc5ccccc5cc43)C=CC2C=C1OCC1OC1C1OC1COc1ccc2cc(C3(c4ccc5cc(OCC6CO6)ccc5c4)c4cc5ccccc5cc4-c4cc5ccccc5cc43)ccc2c1. The van der Waals surface area contributed by atoms with Crippen LogP contribution < -0.4 is 14.2 Å². The molecule has 13 aromatic carbocycles. The fourth-order valence-corrected chi connectivity index (χ4v) is 17.0. The molecule has 0 aromatic heterocycles. The zero-order valence-electron chi connectivity index (χ0n) is 53.7. The van der Waals surface area contributed by atoms with E-state index in [1.807, 2.05) is 0 Å². The molecular weight excluding hydrogens is 1210 g/mol. The first-order chi connectivity index (χ1) is 48.4. The summed E-state index contributed by atoms with van der Waals surface area (Å²) >= 11 is 0. The van der Waals surface area contributed by atoms with Crippen LogP contribution in [0.1, 0.15) is 45.4 Å². The Kier molecular flexibility index (Phi) is 12.7. The number of hydrogen-bond acceptors (Lipinski definition) is 8. The zero-order chi connectivity index (χ0) is 64.2. The van der Waals surface area contributed by atoms with Crippen LogP contribution in [0.3, 0.4) is 0 Å². The van der Waals surface area contributed by atoms with E-state index in [-0.39, 0.29) is 48.6 Å². The molecule has 474 valence electrons. The molecule has 8 nitrogen and oxygen atoms in total. The summed E-state index contributed by atoms with van der Waals surface area (Å²) in [6.45, 7) is 2.97. The summed E-state index contributed by atoms with van der Waals surface area (Å²) in [5, 5.41) is 14.2. The minimum Gasteiger partial charge on any atom is -0.491 e. The van der Waals surface area contributed by atoms with E-state index in [0.29, 0.717) is 19.8 Å². The van der Waals surface area contributed by atoms with Crippen LogP contribution in [0, 0.1) is 11.8 Å². The molecule has 4 aliphatic heterocycles. The fourth-order valence-electron chi connectivity index (χ4n) is 17.0. The van der Waals surface area contributed by atoms with Gasteiger partial charge in [0.2, 0.25) is 6.29 Å². The smallest absolute Gasteiger partial charge is 0.202 e. The van der Waals surface area contributed by atoms with E-state index >= 15 is 0 Å². The van der Waals surface area contributed by atoms with Gasteiger partial charge in [-0.05, 0) is 235 Å². The van der Waals surface area contributed by atoms with E-state index < -0.39 is 10.8 Å². The predicted molar refractivity (Wildman–Crippen MR) is 387 cm³/mol. The van der Waals surface area contributed by atoms with Crippen molar-refractivity contribution in [2.45, 2.75) is 54.1 Å². The molecule has 21 rings (SSSR count). The van der Waals surface area contributed by atoms with Crippen LogP contribution in [-0.4, -0.2) is 69.8 Å². The van der Waals surface area contributed by atoms with E-state index in [4.69, 9.17) is 37.9 Å². The van der Waals surface area contributed by atoms with Crippen molar-refractivity contribution in [3.8, 4) is 39.5 Å². The molecule has 4 saturated heterocycles. The maximum atomic E-state index is 6.56. The zero-order valence-corrected chi connectivity index (χ0v) is 53.7. The normalized spacial score (nSPS) is 23.9. The van der Waals surface area contributed by atoms with E-state index in [9.17, 15) is 0 Å². The van der Waals surface area contributed by atoms with Crippen LogP contribution in [0.5, 0.6) is 17.2 Å². The van der Waals surface area contributed by atoms with Crippen LogP contribution in [0.4, 0.5) is 0 Å².